The van der Waals surface area contributed by atoms with Gasteiger partial charge in [0.2, 0.25) is 5.91 Å². The maximum absolute atomic E-state index is 13.2. The first-order valence-corrected chi connectivity index (χ1v) is 12.0. The first-order chi connectivity index (χ1) is 15.2. The molecule has 170 valence electrons. The van der Waals surface area contributed by atoms with Gasteiger partial charge < -0.3 is 9.88 Å². The predicted molar refractivity (Wildman–Crippen MR) is 123 cm³/mol. The fourth-order valence-electron chi connectivity index (χ4n) is 4.38. The quantitative estimate of drug-likeness (QED) is 0.630. The number of carbonyl (C=O) groups is 1. The lowest BCUT2D eigenvalue weighted by Crippen LogP contribution is -2.59. The molecule has 0 saturated carbocycles. The Bertz CT molecular complexity index is 1220. The van der Waals surface area contributed by atoms with E-state index >= 15 is 0 Å². The summed E-state index contributed by atoms with van der Waals surface area (Å²) in [4.78, 5) is 23.3. The van der Waals surface area contributed by atoms with E-state index in [1.54, 1.807) is 30.9 Å². The third-order valence-electron chi connectivity index (χ3n) is 5.83. The Balaban J connectivity index is 1.45. The van der Waals surface area contributed by atoms with E-state index in [0.717, 1.165) is 10.9 Å². The molecular formula is C22H28N6O3S. The zero-order chi connectivity index (χ0) is 23.0. The normalized spacial score (nSPS) is 20.5. The Kier molecular flexibility index (Phi) is 6.02. The Morgan fingerprint density at radius 3 is 2.53 bits per heavy atom. The van der Waals surface area contributed by atoms with Gasteiger partial charge in [0, 0.05) is 50.0 Å². The Morgan fingerprint density at radius 2 is 1.88 bits per heavy atom. The summed E-state index contributed by atoms with van der Waals surface area (Å²) in [6.45, 7) is 6.60. The van der Waals surface area contributed by atoms with Crippen molar-refractivity contribution in [1.29, 1.82) is 0 Å². The lowest BCUT2D eigenvalue weighted by Gasteiger charge is -2.42. The van der Waals surface area contributed by atoms with Crippen LogP contribution in [0.25, 0.3) is 10.9 Å². The lowest BCUT2D eigenvalue weighted by molar-refractivity contribution is -0.118. The van der Waals surface area contributed by atoms with Gasteiger partial charge in [-0.15, -0.1) is 0 Å². The highest BCUT2D eigenvalue weighted by molar-refractivity contribution is 7.89. The average molecular weight is 457 g/mol. The molecule has 0 spiro atoms. The highest BCUT2D eigenvalue weighted by Crippen LogP contribution is 2.25. The highest BCUT2D eigenvalue weighted by Gasteiger charge is 2.40. The first kappa shape index (κ1) is 22.4. The van der Waals surface area contributed by atoms with Gasteiger partial charge >= 0.3 is 0 Å². The Morgan fingerprint density at radius 1 is 1.16 bits per heavy atom. The molecule has 3 aromatic rings. The number of nitrogens with zero attached hydrogens (tertiary/aromatic N) is 5. The molecule has 3 heterocycles. The van der Waals surface area contributed by atoms with Crippen molar-refractivity contribution in [3.05, 3.63) is 48.5 Å². The van der Waals surface area contributed by atoms with E-state index in [2.05, 4.69) is 15.3 Å². The molecule has 1 aliphatic heterocycles. The second-order valence-electron chi connectivity index (χ2n) is 8.39. The summed E-state index contributed by atoms with van der Waals surface area (Å²) in [5.41, 5.74) is 1.53. The molecule has 1 N–H and O–H groups in total. The maximum Gasteiger partial charge on any atom is 0.262 e. The number of rotatable bonds is 5. The fourth-order valence-corrected chi connectivity index (χ4v) is 6.22. The number of aryl methyl sites for hydroxylation is 2. The highest BCUT2D eigenvalue weighted by atomic mass is 32.2. The van der Waals surface area contributed by atoms with Crippen LogP contribution in [0.2, 0.25) is 0 Å². The molecule has 1 aliphatic rings. The third-order valence-corrected chi connectivity index (χ3v) is 7.83. The monoisotopic (exact) mass is 456 g/mol. The zero-order valence-electron chi connectivity index (χ0n) is 18.7. The number of hydrogen-bond donors (Lipinski definition) is 1. The fraction of sp³-hybridized carbons (Fsp3) is 0.409. The van der Waals surface area contributed by atoms with Gasteiger partial charge in [-0.25, -0.2) is 13.4 Å². The molecule has 4 rings (SSSR count). The zero-order valence-corrected chi connectivity index (χ0v) is 19.5. The lowest BCUT2D eigenvalue weighted by atomic mass is 10.1. The number of piperazine rings is 1. The number of fused-ring (bicyclic) bond motifs is 1. The number of aromatic nitrogens is 3. The van der Waals surface area contributed by atoms with Crippen molar-refractivity contribution < 1.29 is 13.2 Å². The van der Waals surface area contributed by atoms with Crippen molar-refractivity contribution in [2.75, 3.05) is 25.0 Å². The largest absolute Gasteiger partial charge is 0.337 e. The second-order valence-corrected chi connectivity index (χ2v) is 10.2. The molecule has 1 aromatic carbocycles. The molecule has 0 radical (unpaired) electrons. The van der Waals surface area contributed by atoms with Gasteiger partial charge in [-0.2, -0.15) is 4.31 Å². The van der Waals surface area contributed by atoms with Crippen LogP contribution in [0.4, 0.5) is 5.69 Å². The van der Waals surface area contributed by atoms with E-state index in [1.165, 1.54) is 4.31 Å². The molecule has 1 saturated heterocycles. The number of pyridine rings is 1. The molecular weight excluding hydrogens is 428 g/mol. The first-order valence-electron chi connectivity index (χ1n) is 10.6. The summed E-state index contributed by atoms with van der Waals surface area (Å²) in [7, 11) is -1.95. The van der Waals surface area contributed by atoms with E-state index in [1.807, 2.05) is 49.1 Å². The van der Waals surface area contributed by atoms with Crippen LogP contribution in [0, 0.1) is 6.92 Å². The van der Waals surface area contributed by atoms with Gasteiger partial charge in [0.25, 0.3) is 10.0 Å². The number of sulfonamides is 1. The van der Waals surface area contributed by atoms with Gasteiger partial charge in [0.15, 0.2) is 5.03 Å². The minimum atomic E-state index is -3.72. The number of carbonyl (C=O) groups excluding carboxylic acids is 1. The molecule has 32 heavy (non-hydrogen) atoms. The van der Waals surface area contributed by atoms with Crippen molar-refractivity contribution in [1.82, 2.24) is 23.7 Å². The van der Waals surface area contributed by atoms with Gasteiger partial charge in [0.05, 0.1) is 17.7 Å². The van der Waals surface area contributed by atoms with Crippen LogP contribution in [0.1, 0.15) is 19.7 Å². The van der Waals surface area contributed by atoms with Crippen LogP contribution in [-0.4, -0.2) is 69.8 Å². The number of imidazole rings is 1. The van der Waals surface area contributed by atoms with Crippen LogP contribution >= 0.6 is 0 Å². The van der Waals surface area contributed by atoms with Gasteiger partial charge in [-0.05, 0) is 45.0 Å². The smallest absolute Gasteiger partial charge is 0.262 e. The van der Waals surface area contributed by atoms with Crippen LogP contribution < -0.4 is 5.32 Å². The number of amides is 1. The van der Waals surface area contributed by atoms with Crippen LogP contribution in [0.5, 0.6) is 0 Å². The minimum absolute atomic E-state index is 0.0620. The molecule has 1 amide bonds. The average Bonchev–Trinajstić information content (AvgIpc) is 3.07. The van der Waals surface area contributed by atoms with Crippen LogP contribution in [0.3, 0.4) is 0 Å². The summed E-state index contributed by atoms with van der Waals surface area (Å²) in [6.07, 6.45) is 3.26. The van der Waals surface area contributed by atoms with E-state index in [4.69, 9.17) is 0 Å². The van der Waals surface area contributed by atoms with E-state index < -0.39 is 10.0 Å². The molecule has 2 atom stereocenters. The van der Waals surface area contributed by atoms with Crippen LogP contribution in [0.15, 0.2) is 47.8 Å². The van der Waals surface area contributed by atoms with Crippen molar-refractivity contribution in [2.24, 2.45) is 7.05 Å². The van der Waals surface area contributed by atoms with Crippen molar-refractivity contribution >= 4 is 32.5 Å². The van der Waals surface area contributed by atoms with E-state index in [0.29, 0.717) is 24.6 Å². The molecule has 10 heteroatoms. The van der Waals surface area contributed by atoms with Crippen molar-refractivity contribution in [3.63, 3.8) is 0 Å². The Labute approximate surface area is 188 Å². The predicted octanol–water partition coefficient (Wildman–Crippen LogP) is 2.00. The molecule has 0 aliphatic carbocycles. The maximum atomic E-state index is 13.2. The number of hydrogen-bond acceptors (Lipinski definition) is 6. The van der Waals surface area contributed by atoms with Crippen molar-refractivity contribution in [2.45, 2.75) is 37.9 Å². The van der Waals surface area contributed by atoms with Gasteiger partial charge in [0.1, 0.15) is 5.82 Å². The number of anilines is 1. The number of benzene rings is 1. The van der Waals surface area contributed by atoms with Crippen molar-refractivity contribution in [3.8, 4) is 0 Å². The van der Waals surface area contributed by atoms with E-state index in [-0.39, 0.29) is 29.6 Å². The third kappa shape index (κ3) is 4.25. The van der Waals surface area contributed by atoms with Crippen LogP contribution in [-0.2, 0) is 21.9 Å². The summed E-state index contributed by atoms with van der Waals surface area (Å²) in [5.74, 6) is 0.500. The summed E-state index contributed by atoms with van der Waals surface area (Å²) in [6, 6.07) is 8.79. The molecule has 9 nitrogen and oxygen atoms in total. The topological polar surface area (TPSA) is 100 Å². The van der Waals surface area contributed by atoms with Gasteiger partial charge in [-0.1, -0.05) is 6.07 Å². The Hall–Kier alpha value is -2.82. The molecule has 2 aromatic heterocycles. The van der Waals surface area contributed by atoms with Gasteiger partial charge in [-0.3, -0.25) is 14.7 Å². The minimum Gasteiger partial charge on any atom is -0.337 e. The SMILES string of the molecule is Cc1nc(S(=O)(=O)N2[C@H](C)CN(CC(=O)Nc3cccc4ncccc34)C[C@@H]2C)cn1C. The summed E-state index contributed by atoms with van der Waals surface area (Å²) in [5, 5.41) is 3.92. The molecule has 1 fully saturated rings. The van der Waals surface area contributed by atoms with E-state index in [9.17, 15) is 13.2 Å². The second kappa shape index (κ2) is 8.61. The number of nitrogens with one attached hydrogen (secondary N) is 1. The summed E-state index contributed by atoms with van der Waals surface area (Å²) < 4.78 is 29.6. The standard InChI is InChI=1S/C22H28N6O3S/c1-15-11-27(12-16(2)28(15)32(30,31)22-14-26(4)17(3)24-22)13-21(29)25-20-9-5-8-19-18(20)7-6-10-23-19/h5-10,14-16H,11-13H2,1-4H3,(H,25,29)/t15-,16+. The molecule has 0 bridgehead atoms. The summed E-state index contributed by atoms with van der Waals surface area (Å²) >= 11 is 0. The molecule has 0 unspecified atom stereocenters.